The van der Waals surface area contributed by atoms with Crippen LogP contribution in [0.25, 0.3) is 0 Å². The molecule has 2 fully saturated rings. The van der Waals surface area contributed by atoms with Crippen molar-refractivity contribution in [2.45, 2.75) is 63.1 Å². The van der Waals surface area contributed by atoms with Crippen molar-refractivity contribution < 1.29 is 34.3 Å². The van der Waals surface area contributed by atoms with Crippen LogP contribution in [0.5, 0.6) is 0 Å². The van der Waals surface area contributed by atoms with E-state index in [4.69, 9.17) is 24.1 Å². The predicted molar refractivity (Wildman–Crippen MR) is 82.8 cm³/mol. The zero-order chi connectivity index (χ0) is 17.3. The van der Waals surface area contributed by atoms with Crippen LogP contribution in [-0.4, -0.2) is 64.5 Å². The van der Waals surface area contributed by atoms with E-state index in [1.54, 1.807) is 13.8 Å². The van der Waals surface area contributed by atoms with Crippen molar-refractivity contribution >= 4 is 0 Å². The molecule has 3 N–H and O–H groups in total. The lowest BCUT2D eigenvalue weighted by molar-refractivity contribution is -0.237. The van der Waals surface area contributed by atoms with Gasteiger partial charge in [0.2, 0.25) is 0 Å². The van der Waals surface area contributed by atoms with Gasteiger partial charge < -0.3 is 34.3 Å². The molecule has 0 radical (unpaired) electrons. The van der Waals surface area contributed by atoms with Crippen LogP contribution in [0.1, 0.15) is 19.4 Å². The summed E-state index contributed by atoms with van der Waals surface area (Å²) in [7, 11) is 0. The summed E-state index contributed by atoms with van der Waals surface area (Å²) in [6.07, 6.45) is -5.34. The standard InChI is InChI=1S/C17H24O7/c1-17(2)23-15-14(21-9-10-6-4-3-5-7-10)13(22-16(15)24-17)12(20)11(19)8-18/h3-7,11-16,18-20H,8-9H2,1-2H3/t11-,12-,13?,14+,15-,16-/m1/s1. The second-order valence-electron chi connectivity index (χ2n) is 6.57. The average molecular weight is 340 g/mol. The number of aliphatic hydroxyl groups is 3. The summed E-state index contributed by atoms with van der Waals surface area (Å²) in [5.74, 6) is -0.810. The monoisotopic (exact) mass is 340 g/mol. The van der Waals surface area contributed by atoms with Gasteiger partial charge in [0.1, 0.15) is 30.5 Å². The number of ether oxygens (including phenoxy) is 4. The van der Waals surface area contributed by atoms with E-state index < -0.39 is 49.2 Å². The van der Waals surface area contributed by atoms with E-state index in [0.717, 1.165) is 5.56 Å². The van der Waals surface area contributed by atoms with E-state index in [9.17, 15) is 10.2 Å². The minimum absolute atomic E-state index is 0.306. The van der Waals surface area contributed by atoms with Crippen LogP contribution in [0.15, 0.2) is 30.3 Å². The molecule has 1 aromatic rings. The van der Waals surface area contributed by atoms with Gasteiger partial charge in [0.25, 0.3) is 0 Å². The fourth-order valence-corrected chi connectivity index (χ4v) is 3.06. The van der Waals surface area contributed by atoms with Gasteiger partial charge in [-0.05, 0) is 19.4 Å². The number of rotatable bonds is 6. The zero-order valence-electron chi connectivity index (χ0n) is 13.7. The Morgan fingerprint density at radius 3 is 2.54 bits per heavy atom. The molecule has 0 saturated carbocycles. The molecule has 1 aromatic carbocycles. The van der Waals surface area contributed by atoms with Gasteiger partial charge in [0, 0.05) is 0 Å². The lowest BCUT2D eigenvalue weighted by Gasteiger charge is -2.30. The maximum atomic E-state index is 10.2. The molecule has 1 unspecified atom stereocenters. The van der Waals surface area contributed by atoms with Gasteiger partial charge in [-0.1, -0.05) is 30.3 Å². The number of benzene rings is 1. The largest absolute Gasteiger partial charge is 0.394 e. The van der Waals surface area contributed by atoms with Gasteiger partial charge in [0.15, 0.2) is 12.1 Å². The Bertz CT molecular complexity index is 535. The zero-order valence-corrected chi connectivity index (χ0v) is 13.7. The first-order chi connectivity index (χ1) is 11.4. The molecule has 0 spiro atoms. The molecular weight excluding hydrogens is 316 g/mol. The van der Waals surface area contributed by atoms with Crippen LogP contribution in [-0.2, 0) is 25.6 Å². The molecule has 2 saturated heterocycles. The van der Waals surface area contributed by atoms with Gasteiger partial charge >= 0.3 is 0 Å². The van der Waals surface area contributed by atoms with Crippen LogP contribution in [0.3, 0.4) is 0 Å². The number of hydrogen-bond donors (Lipinski definition) is 3. The van der Waals surface area contributed by atoms with Crippen molar-refractivity contribution in [1.82, 2.24) is 0 Å². The number of aliphatic hydroxyl groups excluding tert-OH is 3. The highest BCUT2D eigenvalue weighted by Gasteiger charge is 2.57. The Morgan fingerprint density at radius 2 is 1.88 bits per heavy atom. The highest BCUT2D eigenvalue weighted by molar-refractivity contribution is 5.13. The number of fused-ring (bicyclic) bond motifs is 1. The molecule has 2 heterocycles. The first kappa shape index (κ1) is 17.8. The Hall–Kier alpha value is -1.06. The van der Waals surface area contributed by atoms with Gasteiger partial charge in [-0.3, -0.25) is 0 Å². The fourth-order valence-electron chi connectivity index (χ4n) is 3.06. The molecule has 0 bridgehead atoms. The molecule has 24 heavy (non-hydrogen) atoms. The highest BCUT2D eigenvalue weighted by Crippen LogP contribution is 2.40. The second kappa shape index (κ2) is 7.05. The molecule has 7 nitrogen and oxygen atoms in total. The lowest BCUT2D eigenvalue weighted by atomic mass is 10.0. The lowest BCUT2D eigenvalue weighted by Crippen LogP contribution is -2.48. The molecular formula is C17H24O7. The number of hydrogen-bond acceptors (Lipinski definition) is 7. The summed E-state index contributed by atoms with van der Waals surface area (Å²) < 4.78 is 23.2. The van der Waals surface area contributed by atoms with Crippen molar-refractivity contribution in [3.8, 4) is 0 Å². The minimum atomic E-state index is -1.33. The topological polar surface area (TPSA) is 97.6 Å². The summed E-state index contributed by atoms with van der Waals surface area (Å²) >= 11 is 0. The van der Waals surface area contributed by atoms with Crippen molar-refractivity contribution in [2.75, 3.05) is 6.61 Å². The predicted octanol–water partition coefficient (Wildman–Crippen LogP) is 0.162. The molecule has 3 rings (SSSR count). The molecule has 134 valence electrons. The quantitative estimate of drug-likeness (QED) is 0.679. The van der Waals surface area contributed by atoms with Gasteiger partial charge in [0.05, 0.1) is 13.2 Å². The summed E-state index contributed by atoms with van der Waals surface area (Å²) in [4.78, 5) is 0. The van der Waals surface area contributed by atoms with Crippen molar-refractivity contribution in [3.05, 3.63) is 35.9 Å². The maximum Gasteiger partial charge on any atom is 0.190 e. The van der Waals surface area contributed by atoms with Crippen LogP contribution >= 0.6 is 0 Å². The fraction of sp³-hybridized carbons (Fsp3) is 0.647. The van der Waals surface area contributed by atoms with E-state index >= 15 is 0 Å². The summed E-state index contributed by atoms with van der Waals surface area (Å²) in [5.41, 5.74) is 0.968. The summed E-state index contributed by atoms with van der Waals surface area (Å²) in [6, 6.07) is 9.59. The van der Waals surface area contributed by atoms with Crippen LogP contribution < -0.4 is 0 Å². The van der Waals surface area contributed by atoms with Gasteiger partial charge in [-0.25, -0.2) is 0 Å². The van der Waals surface area contributed by atoms with Gasteiger partial charge in [-0.2, -0.15) is 0 Å². The Kier molecular flexibility index (Phi) is 5.22. The third-order valence-corrected chi connectivity index (χ3v) is 4.23. The molecule has 7 heteroatoms. The highest BCUT2D eigenvalue weighted by atomic mass is 16.8. The Morgan fingerprint density at radius 1 is 1.17 bits per heavy atom. The van der Waals surface area contributed by atoms with Gasteiger partial charge in [-0.15, -0.1) is 0 Å². The molecule has 0 amide bonds. The average Bonchev–Trinajstić information content (AvgIpc) is 3.04. The minimum Gasteiger partial charge on any atom is -0.394 e. The molecule has 2 aliphatic rings. The van der Waals surface area contributed by atoms with E-state index in [-0.39, 0.29) is 0 Å². The first-order valence-electron chi connectivity index (χ1n) is 8.05. The van der Waals surface area contributed by atoms with Crippen LogP contribution in [0, 0.1) is 0 Å². The summed E-state index contributed by atoms with van der Waals surface area (Å²) in [6.45, 7) is 3.28. The van der Waals surface area contributed by atoms with E-state index in [0.29, 0.717) is 6.61 Å². The van der Waals surface area contributed by atoms with Crippen LogP contribution in [0.4, 0.5) is 0 Å². The molecule has 0 aromatic heterocycles. The third kappa shape index (κ3) is 3.62. The second-order valence-corrected chi connectivity index (χ2v) is 6.57. The SMILES string of the molecule is CC1(C)O[C@H]2OC([C@H](O)[C@H](O)CO)[C@H](OCc3ccccc3)[C@H]2O1. The van der Waals surface area contributed by atoms with E-state index in [1.807, 2.05) is 30.3 Å². The molecule has 6 atom stereocenters. The first-order valence-corrected chi connectivity index (χ1v) is 8.05. The Balaban J connectivity index is 1.74. The smallest absolute Gasteiger partial charge is 0.190 e. The van der Waals surface area contributed by atoms with E-state index in [1.165, 1.54) is 0 Å². The van der Waals surface area contributed by atoms with E-state index in [2.05, 4.69) is 0 Å². The normalized spacial score (nSPS) is 34.0. The third-order valence-electron chi connectivity index (χ3n) is 4.23. The van der Waals surface area contributed by atoms with Crippen molar-refractivity contribution in [2.24, 2.45) is 0 Å². The maximum absolute atomic E-state index is 10.2. The van der Waals surface area contributed by atoms with Crippen molar-refractivity contribution in [1.29, 1.82) is 0 Å². The van der Waals surface area contributed by atoms with Crippen LogP contribution in [0.2, 0.25) is 0 Å². The van der Waals surface area contributed by atoms with Crippen molar-refractivity contribution in [3.63, 3.8) is 0 Å². The summed E-state index contributed by atoms with van der Waals surface area (Å²) in [5, 5.41) is 29.1. The Labute approximate surface area is 140 Å². The molecule has 0 aliphatic carbocycles. The molecule has 2 aliphatic heterocycles.